The van der Waals surface area contributed by atoms with Crippen LogP contribution in [0.4, 0.5) is 18.0 Å². The first-order valence-corrected chi connectivity index (χ1v) is 11.2. The number of urea groups is 1. The van der Waals surface area contributed by atoms with Gasteiger partial charge < -0.3 is 15.3 Å². The molecule has 0 spiro atoms. The quantitative estimate of drug-likeness (QED) is 0.374. The van der Waals surface area contributed by atoms with Crippen LogP contribution in [0.15, 0.2) is 66.7 Å². The van der Waals surface area contributed by atoms with Gasteiger partial charge in [0.1, 0.15) is 0 Å². The molecule has 0 heterocycles. The number of halogens is 4. The maximum absolute atomic E-state index is 13.5. The van der Waals surface area contributed by atoms with Crippen LogP contribution in [0.2, 0.25) is 5.02 Å². The van der Waals surface area contributed by atoms with Gasteiger partial charge >= 0.3 is 18.2 Å². The Kier molecular flexibility index (Phi) is 8.40. The summed E-state index contributed by atoms with van der Waals surface area (Å²) in [5, 5.41) is 12.2. The van der Waals surface area contributed by atoms with E-state index in [0.29, 0.717) is 16.7 Å². The maximum Gasteiger partial charge on any atom is 0.416 e. The highest BCUT2D eigenvalue weighted by molar-refractivity contribution is 6.31. The Hall–Kier alpha value is -3.52. The van der Waals surface area contributed by atoms with Crippen LogP contribution in [0.5, 0.6) is 0 Å². The van der Waals surface area contributed by atoms with Crippen molar-refractivity contribution in [2.75, 3.05) is 6.54 Å². The van der Waals surface area contributed by atoms with E-state index in [1.165, 1.54) is 17.0 Å². The highest BCUT2D eigenvalue weighted by atomic mass is 35.5. The molecular weight excluding hydrogens is 481 g/mol. The van der Waals surface area contributed by atoms with Crippen LogP contribution >= 0.6 is 11.6 Å². The van der Waals surface area contributed by atoms with Gasteiger partial charge in [0.15, 0.2) is 0 Å². The molecule has 0 aromatic heterocycles. The van der Waals surface area contributed by atoms with Gasteiger partial charge in [0, 0.05) is 24.7 Å². The number of benzene rings is 3. The molecule has 2 amide bonds. The number of nitrogens with zero attached hydrogens (tertiary/aromatic N) is 1. The molecule has 3 rings (SSSR count). The molecule has 0 radical (unpaired) electrons. The summed E-state index contributed by atoms with van der Waals surface area (Å²) in [4.78, 5) is 25.4. The van der Waals surface area contributed by atoms with Gasteiger partial charge in [0.2, 0.25) is 0 Å². The minimum atomic E-state index is -4.57. The monoisotopic (exact) mass is 504 g/mol. The van der Waals surface area contributed by atoms with Crippen LogP contribution < -0.4 is 5.32 Å². The van der Waals surface area contributed by atoms with E-state index in [2.05, 4.69) is 5.32 Å². The summed E-state index contributed by atoms with van der Waals surface area (Å²) in [6.07, 6.45) is -4.85. The summed E-state index contributed by atoms with van der Waals surface area (Å²) in [5.74, 6) is -1.06. The van der Waals surface area contributed by atoms with E-state index in [1.54, 1.807) is 19.1 Å². The molecule has 0 saturated carbocycles. The lowest BCUT2D eigenvalue weighted by Crippen LogP contribution is -2.39. The Labute approximate surface area is 206 Å². The molecule has 0 atom stereocenters. The lowest BCUT2D eigenvalue weighted by Gasteiger charge is -2.24. The third kappa shape index (κ3) is 7.23. The largest absolute Gasteiger partial charge is 0.481 e. The summed E-state index contributed by atoms with van der Waals surface area (Å²) >= 11 is 6.18. The highest BCUT2D eigenvalue weighted by Gasteiger charge is 2.31. The number of carboxylic acid groups (broad SMARTS) is 1. The van der Waals surface area contributed by atoms with Crippen LogP contribution in [0, 0.1) is 0 Å². The van der Waals surface area contributed by atoms with Crippen LogP contribution in [0.1, 0.15) is 29.2 Å². The Morgan fingerprint density at radius 3 is 2.34 bits per heavy atom. The fourth-order valence-electron chi connectivity index (χ4n) is 3.68. The van der Waals surface area contributed by atoms with Crippen LogP contribution in [0.3, 0.4) is 0 Å². The summed E-state index contributed by atoms with van der Waals surface area (Å²) in [6, 6.07) is 16.8. The van der Waals surface area contributed by atoms with Gasteiger partial charge in [-0.2, -0.15) is 13.2 Å². The average molecular weight is 505 g/mol. The van der Waals surface area contributed by atoms with Gasteiger partial charge in [0.05, 0.1) is 12.0 Å². The van der Waals surface area contributed by atoms with E-state index in [1.807, 2.05) is 30.3 Å². The van der Waals surface area contributed by atoms with Crippen molar-refractivity contribution in [1.29, 1.82) is 0 Å². The zero-order valence-corrected chi connectivity index (χ0v) is 19.7. The molecule has 3 aromatic carbocycles. The predicted octanol–water partition coefficient (Wildman–Crippen LogP) is 6.38. The van der Waals surface area contributed by atoms with E-state index in [0.717, 1.165) is 17.7 Å². The minimum Gasteiger partial charge on any atom is -0.481 e. The first-order valence-electron chi connectivity index (χ1n) is 10.8. The molecule has 0 aliphatic rings. The van der Waals surface area contributed by atoms with Crippen LogP contribution in [-0.2, 0) is 30.5 Å². The molecule has 5 nitrogen and oxygen atoms in total. The van der Waals surface area contributed by atoms with Gasteiger partial charge in [-0.05, 0) is 59.0 Å². The highest BCUT2D eigenvalue weighted by Crippen LogP contribution is 2.35. The zero-order valence-electron chi connectivity index (χ0n) is 18.9. The van der Waals surface area contributed by atoms with Crippen LogP contribution in [-0.4, -0.2) is 28.6 Å². The fraction of sp³-hybridized carbons (Fsp3) is 0.231. The van der Waals surface area contributed by atoms with Crippen molar-refractivity contribution < 1.29 is 27.9 Å². The van der Waals surface area contributed by atoms with Gasteiger partial charge in [-0.15, -0.1) is 0 Å². The van der Waals surface area contributed by atoms with E-state index in [-0.39, 0.29) is 36.6 Å². The smallest absolute Gasteiger partial charge is 0.416 e. The van der Waals surface area contributed by atoms with Crippen molar-refractivity contribution in [2.24, 2.45) is 0 Å². The van der Waals surface area contributed by atoms with Crippen molar-refractivity contribution >= 4 is 23.6 Å². The number of hydrogen-bond donors (Lipinski definition) is 2. The average Bonchev–Trinajstić information content (AvgIpc) is 2.80. The molecule has 0 saturated heterocycles. The van der Waals surface area contributed by atoms with E-state index in [9.17, 15) is 22.8 Å². The first kappa shape index (κ1) is 26.1. The van der Waals surface area contributed by atoms with Gasteiger partial charge in [-0.25, -0.2) is 4.79 Å². The molecule has 0 fully saturated rings. The number of alkyl halides is 3. The summed E-state index contributed by atoms with van der Waals surface area (Å²) in [6.45, 7) is 2.19. The lowest BCUT2D eigenvalue weighted by molar-refractivity contribution is -0.138. The van der Waals surface area contributed by atoms with Gasteiger partial charge in [-0.3, -0.25) is 4.79 Å². The number of carboxylic acids is 1. The summed E-state index contributed by atoms with van der Waals surface area (Å²) in [7, 11) is 0. The number of rotatable bonds is 8. The number of nitrogens with one attached hydrogen (secondary N) is 1. The van der Waals surface area contributed by atoms with Crippen molar-refractivity contribution in [3.63, 3.8) is 0 Å². The molecule has 0 aliphatic heterocycles. The number of hydrogen-bond acceptors (Lipinski definition) is 2. The van der Waals surface area contributed by atoms with Crippen molar-refractivity contribution in [3.05, 3.63) is 94.0 Å². The molecule has 0 unspecified atom stereocenters. The molecule has 0 aliphatic carbocycles. The van der Waals surface area contributed by atoms with Gasteiger partial charge in [-0.1, -0.05) is 54.1 Å². The third-order valence-electron chi connectivity index (χ3n) is 5.37. The Morgan fingerprint density at radius 2 is 1.71 bits per heavy atom. The molecule has 2 N–H and O–H groups in total. The van der Waals surface area contributed by atoms with Crippen molar-refractivity contribution in [3.8, 4) is 11.1 Å². The topological polar surface area (TPSA) is 69.6 Å². The Bertz CT molecular complexity index is 1200. The van der Waals surface area contributed by atoms with Gasteiger partial charge in [0.25, 0.3) is 0 Å². The second-order valence-electron chi connectivity index (χ2n) is 7.95. The standard InChI is InChI=1S/C26H24ClF3N2O3/c1-2-32(25(35)31-15-17-6-4-3-5-7-17)16-20-13-21(26(28,29)30)8-9-23(20)19-10-18(12-24(33)34)11-22(27)14-19/h3-11,13-14H,2,12,15-16H2,1H3,(H,31,35)(H,33,34). The van der Waals surface area contributed by atoms with E-state index in [4.69, 9.17) is 16.7 Å². The molecule has 9 heteroatoms. The number of aliphatic carboxylic acids is 1. The number of amides is 2. The molecule has 184 valence electrons. The molecule has 0 bridgehead atoms. The maximum atomic E-state index is 13.5. The zero-order chi connectivity index (χ0) is 25.6. The first-order chi connectivity index (χ1) is 16.6. The van der Waals surface area contributed by atoms with Crippen molar-refractivity contribution in [1.82, 2.24) is 10.2 Å². The number of carbonyl (C=O) groups excluding carboxylic acids is 1. The molecule has 3 aromatic rings. The molecule has 35 heavy (non-hydrogen) atoms. The summed E-state index contributed by atoms with van der Waals surface area (Å²) in [5.41, 5.74) is 1.63. The lowest BCUT2D eigenvalue weighted by atomic mass is 9.95. The number of carbonyl (C=O) groups is 2. The predicted molar refractivity (Wildman–Crippen MR) is 128 cm³/mol. The van der Waals surface area contributed by atoms with E-state index < -0.39 is 23.7 Å². The minimum absolute atomic E-state index is 0.0862. The second-order valence-corrected chi connectivity index (χ2v) is 8.38. The SMILES string of the molecule is CCN(Cc1cc(C(F)(F)F)ccc1-c1cc(Cl)cc(CC(=O)O)c1)C(=O)NCc1ccccc1. The third-order valence-corrected chi connectivity index (χ3v) is 5.59. The summed E-state index contributed by atoms with van der Waals surface area (Å²) < 4.78 is 40.4. The van der Waals surface area contributed by atoms with Crippen LogP contribution in [0.25, 0.3) is 11.1 Å². The second kappa shape index (κ2) is 11.3. The van der Waals surface area contributed by atoms with Crippen molar-refractivity contribution in [2.45, 2.75) is 32.6 Å². The normalized spacial score (nSPS) is 11.2. The Morgan fingerprint density at radius 1 is 1.00 bits per heavy atom. The molecular formula is C26H24ClF3N2O3. The fourth-order valence-corrected chi connectivity index (χ4v) is 3.94. The Balaban J connectivity index is 1.95. The van der Waals surface area contributed by atoms with E-state index >= 15 is 0 Å².